The van der Waals surface area contributed by atoms with Gasteiger partial charge in [-0.2, -0.15) is 29.9 Å². The van der Waals surface area contributed by atoms with Crippen LogP contribution in [0.1, 0.15) is 37.7 Å². The summed E-state index contributed by atoms with van der Waals surface area (Å²) in [4.78, 5) is 3.87. The lowest BCUT2D eigenvalue weighted by Crippen LogP contribution is -2.48. The van der Waals surface area contributed by atoms with Crippen LogP contribution in [0, 0.1) is 0 Å². The van der Waals surface area contributed by atoms with Gasteiger partial charge in [-0.25, -0.2) is 0 Å². The van der Waals surface area contributed by atoms with Crippen molar-refractivity contribution in [3.8, 4) is 0 Å². The summed E-state index contributed by atoms with van der Waals surface area (Å²) in [5, 5.41) is 4.50. The number of hydrogen-bond donors (Lipinski definition) is 1. The molecular formula is C11H16F3N3OS2. The van der Waals surface area contributed by atoms with E-state index in [2.05, 4.69) is 24.0 Å². The largest absolute Gasteiger partial charge is 0.415 e. The van der Waals surface area contributed by atoms with Crippen LogP contribution < -0.4 is 5.73 Å². The highest BCUT2D eigenvalue weighted by molar-refractivity contribution is 8.07. The zero-order valence-electron chi connectivity index (χ0n) is 11.3. The van der Waals surface area contributed by atoms with E-state index in [9.17, 15) is 13.2 Å². The Morgan fingerprint density at radius 3 is 2.50 bits per heavy atom. The van der Waals surface area contributed by atoms with Gasteiger partial charge in [0.2, 0.25) is 0 Å². The Bertz CT molecular complexity index is 478. The Hall–Kier alpha value is -0.410. The molecule has 1 fully saturated rings. The van der Waals surface area contributed by atoms with Crippen LogP contribution in [-0.4, -0.2) is 32.6 Å². The zero-order valence-corrected chi connectivity index (χ0v) is 12.9. The van der Waals surface area contributed by atoms with Gasteiger partial charge in [0.05, 0.1) is 5.25 Å². The van der Waals surface area contributed by atoms with Crippen molar-refractivity contribution in [2.24, 2.45) is 5.73 Å². The number of thioether (sulfide) groups is 2. The molecule has 1 aromatic heterocycles. The number of halogens is 3. The fourth-order valence-corrected chi connectivity index (χ4v) is 4.45. The maximum absolute atomic E-state index is 12.8. The second-order valence-electron chi connectivity index (χ2n) is 5.03. The molecule has 1 aromatic rings. The van der Waals surface area contributed by atoms with Crippen molar-refractivity contribution >= 4 is 23.5 Å². The third-order valence-corrected chi connectivity index (χ3v) is 6.70. The van der Waals surface area contributed by atoms with Crippen LogP contribution in [0.4, 0.5) is 13.2 Å². The van der Waals surface area contributed by atoms with Crippen molar-refractivity contribution in [1.29, 1.82) is 0 Å². The first-order valence-electron chi connectivity index (χ1n) is 6.09. The number of hydrogen-bond acceptors (Lipinski definition) is 6. The summed E-state index contributed by atoms with van der Waals surface area (Å²) in [7, 11) is 0. The lowest BCUT2D eigenvalue weighted by Gasteiger charge is -2.29. The molecule has 2 heterocycles. The summed E-state index contributed by atoms with van der Waals surface area (Å²) in [6.45, 7) is 5.04. The summed E-state index contributed by atoms with van der Waals surface area (Å²) >= 11 is 3.41. The molecule has 0 radical (unpaired) electrons. The molecule has 0 aromatic carbocycles. The molecule has 4 nitrogen and oxygen atoms in total. The average molecular weight is 327 g/mol. The van der Waals surface area contributed by atoms with Crippen LogP contribution in [0.25, 0.3) is 0 Å². The minimum Gasteiger partial charge on any atom is -0.337 e. The molecule has 9 heteroatoms. The van der Waals surface area contributed by atoms with E-state index >= 15 is 0 Å². The fraction of sp³-hybridized carbons (Fsp3) is 0.818. The molecule has 2 N–H and O–H groups in total. The first kappa shape index (κ1) is 16.0. The van der Waals surface area contributed by atoms with E-state index < -0.39 is 17.6 Å². The Kier molecular flexibility index (Phi) is 4.32. The van der Waals surface area contributed by atoms with E-state index in [1.54, 1.807) is 23.5 Å². The minimum absolute atomic E-state index is 0.0623. The lowest BCUT2D eigenvalue weighted by atomic mass is 10.0. The van der Waals surface area contributed by atoms with Gasteiger partial charge in [0.25, 0.3) is 5.89 Å². The second-order valence-corrected chi connectivity index (χ2v) is 8.02. The first-order chi connectivity index (χ1) is 9.13. The average Bonchev–Trinajstić information content (AvgIpc) is 2.81. The van der Waals surface area contributed by atoms with Crippen molar-refractivity contribution in [3.05, 3.63) is 11.7 Å². The molecule has 1 aliphatic heterocycles. The first-order valence-corrected chi connectivity index (χ1v) is 8.09. The fourth-order valence-electron chi connectivity index (χ4n) is 1.62. The molecule has 0 bridgehead atoms. The van der Waals surface area contributed by atoms with Gasteiger partial charge in [0, 0.05) is 16.3 Å². The molecule has 4 atom stereocenters. The molecule has 2 rings (SSSR count). The van der Waals surface area contributed by atoms with Crippen LogP contribution in [0.15, 0.2) is 4.52 Å². The van der Waals surface area contributed by atoms with Crippen molar-refractivity contribution in [3.63, 3.8) is 0 Å². The summed E-state index contributed by atoms with van der Waals surface area (Å²) < 4.78 is 43.2. The van der Waals surface area contributed by atoms with E-state index in [4.69, 9.17) is 10.3 Å². The molecule has 0 spiro atoms. The van der Waals surface area contributed by atoms with E-state index in [1.807, 2.05) is 0 Å². The zero-order chi connectivity index (χ0) is 15.1. The topological polar surface area (TPSA) is 64.9 Å². The van der Waals surface area contributed by atoms with E-state index in [0.29, 0.717) is 10.5 Å². The number of aromatic nitrogens is 2. The maximum atomic E-state index is 12.8. The number of nitrogens with two attached hydrogens (primary N) is 1. The van der Waals surface area contributed by atoms with Crippen molar-refractivity contribution < 1.29 is 17.7 Å². The van der Waals surface area contributed by atoms with Crippen LogP contribution in [0.3, 0.4) is 0 Å². The Balaban J connectivity index is 2.18. The second kappa shape index (κ2) is 5.42. The third kappa shape index (κ3) is 2.94. The minimum atomic E-state index is -4.63. The molecule has 20 heavy (non-hydrogen) atoms. The normalized spacial score (nSPS) is 31.1. The standard InChI is InChI=1S/C11H16F3N3OS2/c1-5-6(2)20-7(4-19-5)8-16-9(18-17-8)10(3,15)11(12,13)14/h5-7H,4,15H2,1-3H3. The van der Waals surface area contributed by atoms with Gasteiger partial charge in [-0.05, 0) is 6.92 Å². The van der Waals surface area contributed by atoms with E-state index in [-0.39, 0.29) is 11.1 Å². The Labute approximate surface area is 123 Å². The molecule has 4 unspecified atom stereocenters. The highest BCUT2D eigenvalue weighted by Crippen LogP contribution is 2.44. The van der Waals surface area contributed by atoms with Crippen LogP contribution in [-0.2, 0) is 5.54 Å². The lowest BCUT2D eigenvalue weighted by molar-refractivity contribution is -0.190. The summed E-state index contributed by atoms with van der Waals surface area (Å²) in [6, 6.07) is 0. The molecule has 1 saturated heterocycles. The number of alkyl halides is 3. The van der Waals surface area contributed by atoms with Crippen LogP contribution in [0.2, 0.25) is 0 Å². The van der Waals surface area contributed by atoms with Gasteiger partial charge in [-0.15, -0.1) is 11.8 Å². The van der Waals surface area contributed by atoms with Gasteiger partial charge in [0.1, 0.15) is 0 Å². The Morgan fingerprint density at radius 2 is 1.95 bits per heavy atom. The molecule has 114 valence electrons. The molecule has 0 amide bonds. The monoisotopic (exact) mass is 327 g/mol. The highest BCUT2D eigenvalue weighted by atomic mass is 32.2. The smallest absolute Gasteiger partial charge is 0.337 e. The summed E-state index contributed by atoms with van der Waals surface area (Å²) in [6.07, 6.45) is -4.63. The van der Waals surface area contributed by atoms with Crippen molar-refractivity contribution in [2.45, 2.75) is 48.2 Å². The number of nitrogens with zero attached hydrogens (tertiary/aromatic N) is 2. The SMILES string of the molecule is CC1SCC(c2noc(C(C)(N)C(F)(F)F)n2)SC1C. The third-order valence-electron chi connectivity index (χ3n) is 3.31. The van der Waals surface area contributed by atoms with Gasteiger partial charge >= 0.3 is 6.18 Å². The highest BCUT2D eigenvalue weighted by Gasteiger charge is 2.53. The van der Waals surface area contributed by atoms with Gasteiger partial charge in [0.15, 0.2) is 11.4 Å². The summed E-state index contributed by atoms with van der Waals surface area (Å²) in [5.41, 5.74) is 2.65. The predicted octanol–water partition coefficient (Wildman–Crippen LogP) is 3.10. The van der Waals surface area contributed by atoms with Crippen molar-refractivity contribution in [2.75, 3.05) is 5.75 Å². The molecule has 1 aliphatic rings. The van der Waals surface area contributed by atoms with E-state index in [1.165, 1.54) is 0 Å². The summed E-state index contributed by atoms with van der Waals surface area (Å²) in [5.74, 6) is 0.455. The van der Waals surface area contributed by atoms with Gasteiger partial charge < -0.3 is 10.3 Å². The van der Waals surface area contributed by atoms with Crippen LogP contribution in [0.5, 0.6) is 0 Å². The van der Waals surface area contributed by atoms with Gasteiger partial charge in [-0.3, -0.25) is 0 Å². The maximum Gasteiger partial charge on any atom is 0.415 e. The Morgan fingerprint density at radius 1 is 1.30 bits per heavy atom. The van der Waals surface area contributed by atoms with E-state index in [0.717, 1.165) is 12.7 Å². The predicted molar refractivity (Wildman–Crippen MR) is 73.6 cm³/mol. The van der Waals surface area contributed by atoms with Gasteiger partial charge in [-0.1, -0.05) is 19.0 Å². The number of rotatable bonds is 2. The quantitative estimate of drug-likeness (QED) is 0.900. The van der Waals surface area contributed by atoms with Crippen molar-refractivity contribution in [1.82, 2.24) is 10.1 Å². The molecule has 0 saturated carbocycles. The molecular weight excluding hydrogens is 311 g/mol. The molecule has 0 aliphatic carbocycles. The van der Waals surface area contributed by atoms with Crippen LogP contribution >= 0.6 is 23.5 Å².